The summed E-state index contributed by atoms with van der Waals surface area (Å²) >= 11 is 0. The minimum Gasteiger partial charge on any atom is -0.476 e. The highest BCUT2D eigenvalue weighted by Crippen LogP contribution is 2.23. The molecule has 1 N–H and O–H groups in total. The fourth-order valence-corrected chi connectivity index (χ4v) is 3.42. The van der Waals surface area contributed by atoms with E-state index in [4.69, 9.17) is 9.47 Å². The first-order valence-corrected chi connectivity index (χ1v) is 12.2. The molecule has 1 unspecified atom stereocenters. The Hall–Kier alpha value is -3.42. The van der Waals surface area contributed by atoms with Gasteiger partial charge < -0.3 is 19.7 Å². The number of carbonyl (C=O) groups is 2. The van der Waals surface area contributed by atoms with Gasteiger partial charge in [0, 0.05) is 19.2 Å². The van der Waals surface area contributed by atoms with Gasteiger partial charge in [-0.3, -0.25) is 0 Å². The first-order valence-electron chi connectivity index (χ1n) is 12.2. The number of anilines is 1. The summed E-state index contributed by atoms with van der Waals surface area (Å²) < 4.78 is 38.0. The number of methoxy groups -OCH3 is 1. The SMILES string of the molecule is CCCC/C=C/CN(CCc1ccc(OC(C)(CC)C(=O)OC)cc1)C(=O)Nc1ccc(F)cc1F. The second kappa shape index (κ2) is 14.2. The maximum atomic E-state index is 14.0. The van der Waals surface area contributed by atoms with Crippen molar-refractivity contribution < 1.29 is 27.8 Å². The number of carbonyl (C=O) groups excluding carboxylic acids is 2. The van der Waals surface area contributed by atoms with Crippen molar-refractivity contribution in [3.63, 3.8) is 0 Å². The number of halogens is 2. The molecule has 0 aliphatic heterocycles. The number of amides is 2. The van der Waals surface area contributed by atoms with Crippen molar-refractivity contribution in [3.8, 4) is 5.75 Å². The lowest BCUT2D eigenvalue weighted by molar-refractivity contribution is -0.157. The number of urea groups is 1. The number of rotatable bonds is 13. The van der Waals surface area contributed by atoms with E-state index in [9.17, 15) is 18.4 Å². The molecule has 0 bridgehead atoms. The van der Waals surface area contributed by atoms with Gasteiger partial charge in [-0.2, -0.15) is 0 Å². The smallest absolute Gasteiger partial charge is 0.349 e. The third-order valence-corrected chi connectivity index (χ3v) is 5.91. The molecule has 0 aromatic heterocycles. The van der Waals surface area contributed by atoms with Crippen LogP contribution in [0.25, 0.3) is 0 Å². The van der Waals surface area contributed by atoms with Gasteiger partial charge in [-0.05, 0) is 56.0 Å². The molecule has 0 heterocycles. The molecule has 2 aromatic rings. The standard InChI is InChI=1S/C28H36F2N2O4/c1-5-7-8-9-10-18-32(27(34)31-25-16-13-22(29)20-24(25)30)19-17-21-11-14-23(15-12-21)36-28(3,6-2)26(33)35-4/h9-16,20H,5-8,17-19H2,1-4H3,(H,31,34)/b10-9+. The maximum absolute atomic E-state index is 14.0. The topological polar surface area (TPSA) is 67.9 Å². The summed E-state index contributed by atoms with van der Waals surface area (Å²) in [6, 6.07) is 9.85. The Balaban J connectivity index is 2.06. The third-order valence-electron chi connectivity index (χ3n) is 5.91. The van der Waals surface area contributed by atoms with Crippen LogP contribution < -0.4 is 10.1 Å². The number of benzene rings is 2. The first kappa shape index (κ1) is 28.8. The Kier molecular flexibility index (Phi) is 11.4. The van der Waals surface area contributed by atoms with Crippen LogP contribution in [0.5, 0.6) is 5.75 Å². The van der Waals surface area contributed by atoms with Crippen LogP contribution in [0.15, 0.2) is 54.6 Å². The summed E-state index contributed by atoms with van der Waals surface area (Å²) in [6.45, 7) is 6.37. The summed E-state index contributed by atoms with van der Waals surface area (Å²) in [7, 11) is 1.33. The van der Waals surface area contributed by atoms with Gasteiger partial charge >= 0.3 is 12.0 Å². The Morgan fingerprint density at radius 2 is 1.81 bits per heavy atom. The quantitative estimate of drug-likeness (QED) is 0.193. The van der Waals surface area contributed by atoms with Crippen molar-refractivity contribution in [1.82, 2.24) is 4.90 Å². The molecular weight excluding hydrogens is 466 g/mol. The summed E-state index contributed by atoms with van der Waals surface area (Å²) in [4.78, 5) is 26.5. The predicted molar refractivity (Wildman–Crippen MR) is 137 cm³/mol. The molecule has 0 fully saturated rings. The van der Waals surface area contributed by atoms with E-state index < -0.39 is 29.2 Å². The Morgan fingerprint density at radius 1 is 1.08 bits per heavy atom. The normalized spacial score (nSPS) is 12.7. The van der Waals surface area contributed by atoms with Crippen LogP contribution in [-0.2, 0) is 16.0 Å². The van der Waals surface area contributed by atoms with Gasteiger partial charge in [0.05, 0.1) is 12.8 Å². The predicted octanol–water partition coefficient (Wildman–Crippen LogP) is 6.51. The second-order valence-corrected chi connectivity index (χ2v) is 8.69. The van der Waals surface area contributed by atoms with E-state index in [0.717, 1.165) is 37.0 Å². The van der Waals surface area contributed by atoms with Crippen molar-refractivity contribution in [3.05, 3.63) is 71.8 Å². The van der Waals surface area contributed by atoms with Gasteiger partial charge in [0.2, 0.25) is 5.60 Å². The maximum Gasteiger partial charge on any atom is 0.349 e. The zero-order chi connectivity index (χ0) is 26.6. The highest BCUT2D eigenvalue weighted by atomic mass is 19.1. The van der Waals surface area contributed by atoms with Gasteiger partial charge in [-0.15, -0.1) is 0 Å². The molecule has 0 radical (unpaired) electrons. The lowest BCUT2D eigenvalue weighted by atomic mass is 10.0. The molecule has 36 heavy (non-hydrogen) atoms. The van der Waals surface area contributed by atoms with Crippen molar-refractivity contribution >= 4 is 17.7 Å². The monoisotopic (exact) mass is 502 g/mol. The third kappa shape index (κ3) is 8.66. The average molecular weight is 503 g/mol. The highest BCUT2D eigenvalue weighted by Gasteiger charge is 2.34. The molecule has 1 atom stereocenters. The molecule has 0 spiro atoms. The minimum absolute atomic E-state index is 0.0764. The summed E-state index contributed by atoms with van der Waals surface area (Å²) in [5, 5.41) is 2.53. The van der Waals surface area contributed by atoms with E-state index in [2.05, 4.69) is 12.2 Å². The van der Waals surface area contributed by atoms with Crippen LogP contribution in [0, 0.1) is 11.6 Å². The Morgan fingerprint density at radius 3 is 2.42 bits per heavy atom. The summed E-state index contributed by atoms with van der Waals surface area (Å²) in [5.41, 5.74) is -0.197. The zero-order valence-electron chi connectivity index (χ0n) is 21.5. The average Bonchev–Trinajstić information content (AvgIpc) is 2.87. The van der Waals surface area contributed by atoms with Gasteiger partial charge in [0.15, 0.2) is 0 Å². The van der Waals surface area contributed by atoms with Gasteiger partial charge in [0.25, 0.3) is 0 Å². The van der Waals surface area contributed by atoms with Crippen molar-refractivity contribution in [2.75, 3.05) is 25.5 Å². The lowest BCUT2D eigenvalue weighted by Gasteiger charge is -2.26. The van der Waals surface area contributed by atoms with E-state index in [-0.39, 0.29) is 5.69 Å². The van der Waals surface area contributed by atoms with Crippen LogP contribution in [0.1, 0.15) is 52.0 Å². The van der Waals surface area contributed by atoms with Crippen molar-refractivity contribution in [1.29, 1.82) is 0 Å². The minimum atomic E-state index is -1.08. The van der Waals surface area contributed by atoms with Gasteiger partial charge in [0.1, 0.15) is 17.4 Å². The molecule has 8 heteroatoms. The van der Waals surface area contributed by atoms with Crippen LogP contribution in [0.3, 0.4) is 0 Å². The van der Waals surface area contributed by atoms with Gasteiger partial charge in [-0.25, -0.2) is 18.4 Å². The number of allylic oxidation sites excluding steroid dienone is 1. The molecule has 2 amide bonds. The number of unbranched alkanes of at least 4 members (excludes halogenated alkanes) is 2. The molecule has 6 nitrogen and oxygen atoms in total. The fraction of sp³-hybridized carbons (Fsp3) is 0.429. The lowest BCUT2D eigenvalue weighted by Crippen LogP contribution is -2.41. The number of nitrogens with one attached hydrogen (secondary N) is 1. The van der Waals surface area contributed by atoms with Crippen LogP contribution in [0.4, 0.5) is 19.3 Å². The largest absolute Gasteiger partial charge is 0.476 e. The molecule has 0 saturated carbocycles. The van der Waals surface area contributed by atoms with E-state index in [1.54, 1.807) is 24.0 Å². The van der Waals surface area contributed by atoms with Crippen LogP contribution in [-0.4, -0.2) is 42.7 Å². The van der Waals surface area contributed by atoms with Crippen LogP contribution >= 0.6 is 0 Å². The zero-order valence-corrected chi connectivity index (χ0v) is 21.5. The molecule has 0 aliphatic carbocycles. The number of ether oxygens (including phenoxy) is 2. The molecule has 2 rings (SSSR count). The number of nitrogens with zero attached hydrogens (tertiary/aromatic N) is 1. The van der Waals surface area contributed by atoms with Crippen molar-refractivity contribution in [2.24, 2.45) is 0 Å². The van der Waals surface area contributed by atoms with Gasteiger partial charge in [-0.1, -0.05) is 51.0 Å². The number of hydrogen-bond donors (Lipinski definition) is 1. The molecule has 196 valence electrons. The molecule has 0 aliphatic rings. The van der Waals surface area contributed by atoms with E-state index in [1.165, 1.54) is 13.2 Å². The Bertz CT molecular complexity index is 1030. The van der Waals surface area contributed by atoms with E-state index in [1.807, 2.05) is 31.2 Å². The molecule has 0 saturated heterocycles. The first-order chi connectivity index (χ1) is 17.2. The second-order valence-electron chi connectivity index (χ2n) is 8.69. The molecular formula is C28H36F2N2O4. The Labute approximate surface area is 212 Å². The van der Waals surface area contributed by atoms with Crippen molar-refractivity contribution in [2.45, 2.75) is 58.5 Å². The number of esters is 1. The van der Waals surface area contributed by atoms with E-state index in [0.29, 0.717) is 31.7 Å². The fourth-order valence-electron chi connectivity index (χ4n) is 3.42. The van der Waals surface area contributed by atoms with E-state index >= 15 is 0 Å². The van der Waals surface area contributed by atoms with Crippen LogP contribution in [0.2, 0.25) is 0 Å². The molecule has 2 aromatic carbocycles. The summed E-state index contributed by atoms with van der Waals surface area (Å²) in [6.07, 6.45) is 8.00. The summed E-state index contributed by atoms with van der Waals surface area (Å²) in [5.74, 6) is -1.45. The number of hydrogen-bond acceptors (Lipinski definition) is 4. The highest BCUT2D eigenvalue weighted by molar-refractivity contribution is 5.89.